The Morgan fingerprint density at radius 2 is 1.50 bits per heavy atom. The Bertz CT molecular complexity index is 1230. The molecule has 1 heterocycles. The number of carbonyl (C=O) groups excluding carboxylic acids is 2. The van der Waals surface area contributed by atoms with E-state index in [9.17, 15) is 18.4 Å². The molecule has 0 atom stereocenters. The molecule has 0 spiro atoms. The Balaban J connectivity index is 1.49. The zero-order valence-electron chi connectivity index (χ0n) is 18.3. The molecule has 0 aliphatic carbocycles. The van der Waals surface area contributed by atoms with E-state index in [1.165, 1.54) is 24.3 Å². The van der Waals surface area contributed by atoms with Gasteiger partial charge in [-0.3, -0.25) is 14.5 Å². The topological polar surface area (TPSA) is 55.8 Å². The van der Waals surface area contributed by atoms with E-state index in [1.807, 2.05) is 6.92 Å². The van der Waals surface area contributed by atoms with Crippen molar-refractivity contribution in [2.45, 2.75) is 20.1 Å². The molecule has 0 aromatic heterocycles. The molecule has 0 saturated carbocycles. The highest BCUT2D eigenvalue weighted by Gasteiger charge is 2.35. The molecule has 0 N–H and O–H groups in total. The van der Waals surface area contributed by atoms with Gasteiger partial charge in [0.15, 0.2) is 11.5 Å². The van der Waals surface area contributed by atoms with Gasteiger partial charge in [0.2, 0.25) is 0 Å². The quantitative estimate of drug-likeness (QED) is 0.360. The lowest BCUT2D eigenvalue weighted by Gasteiger charge is -2.13. The van der Waals surface area contributed by atoms with Crippen LogP contribution in [0.25, 0.3) is 6.08 Å². The number of amides is 2. The second-order valence-electron chi connectivity index (χ2n) is 7.45. The van der Waals surface area contributed by atoms with Crippen molar-refractivity contribution in [2.75, 3.05) is 6.61 Å². The van der Waals surface area contributed by atoms with Gasteiger partial charge in [0.25, 0.3) is 11.1 Å². The lowest BCUT2D eigenvalue weighted by atomic mass is 10.1. The molecule has 0 bridgehead atoms. The molecule has 1 aliphatic rings. The van der Waals surface area contributed by atoms with Crippen LogP contribution in [0.3, 0.4) is 0 Å². The molecule has 1 aliphatic heterocycles. The summed E-state index contributed by atoms with van der Waals surface area (Å²) in [4.78, 5) is 26.6. The first-order valence-electron chi connectivity index (χ1n) is 10.6. The van der Waals surface area contributed by atoms with Gasteiger partial charge in [-0.15, -0.1) is 0 Å². The van der Waals surface area contributed by atoms with Crippen LogP contribution in [0.15, 0.2) is 71.6 Å². The van der Waals surface area contributed by atoms with Gasteiger partial charge in [-0.05, 0) is 77.9 Å². The maximum Gasteiger partial charge on any atom is 0.293 e. The molecular formula is C26H21F2NO4S. The van der Waals surface area contributed by atoms with Crippen molar-refractivity contribution >= 4 is 29.0 Å². The Morgan fingerprint density at radius 3 is 2.15 bits per heavy atom. The smallest absolute Gasteiger partial charge is 0.293 e. The fourth-order valence-electron chi connectivity index (χ4n) is 3.30. The Hall–Kier alpha value is -3.65. The molecule has 4 rings (SSSR count). The van der Waals surface area contributed by atoms with Crippen molar-refractivity contribution < 1.29 is 27.8 Å². The Kier molecular flexibility index (Phi) is 7.27. The van der Waals surface area contributed by atoms with E-state index in [2.05, 4.69) is 0 Å². The van der Waals surface area contributed by atoms with Gasteiger partial charge < -0.3 is 9.47 Å². The zero-order valence-corrected chi connectivity index (χ0v) is 19.1. The van der Waals surface area contributed by atoms with Gasteiger partial charge >= 0.3 is 0 Å². The average molecular weight is 482 g/mol. The van der Waals surface area contributed by atoms with Crippen LogP contribution in [-0.2, 0) is 17.9 Å². The molecule has 34 heavy (non-hydrogen) atoms. The molecule has 3 aromatic rings. The van der Waals surface area contributed by atoms with E-state index >= 15 is 0 Å². The number of hydrogen-bond acceptors (Lipinski definition) is 5. The number of thioether (sulfide) groups is 1. The lowest BCUT2D eigenvalue weighted by molar-refractivity contribution is -0.123. The minimum absolute atomic E-state index is 0.0721. The predicted octanol–water partition coefficient (Wildman–Crippen LogP) is 6.18. The van der Waals surface area contributed by atoms with E-state index in [0.717, 1.165) is 22.2 Å². The average Bonchev–Trinajstić information content (AvgIpc) is 3.08. The van der Waals surface area contributed by atoms with Crippen LogP contribution in [0.1, 0.15) is 23.6 Å². The summed E-state index contributed by atoms with van der Waals surface area (Å²) in [6.45, 7) is 2.56. The summed E-state index contributed by atoms with van der Waals surface area (Å²) < 4.78 is 37.8. The number of hydrogen-bond donors (Lipinski definition) is 0. The third-order valence-electron chi connectivity index (χ3n) is 5.00. The van der Waals surface area contributed by atoms with Crippen molar-refractivity contribution in [3.05, 3.63) is 100.0 Å². The predicted molar refractivity (Wildman–Crippen MR) is 126 cm³/mol. The minimum atomic E-state index is -0.408. The first-order valence-corrected chi connectivity index (χ1v) is 11.4. The summed E-state index contributed by atoms with van der Waals surface area (Å²) in [7, 11) is 0. The van der Waals surface area contributed by atoms with E-state index in [-0.39, 0.29) is 34.9 Å². The summed E-state index contributed by atoms with van der Waals surface area (Å²) in [6.07, 6.45) is 1.63. The van der Waals surface area contributed by atoms with Crippen LogP contribution in [-0.4, -0.2) is 22.7 Å². The van der Waals surface area contributed by atoms with Crippen LogP contribution in [0.4, 0.5) is 13.6 Å². The number of ether oxygens (including phenoxy) is 2. The van der Waals surface area contributed by atoms with Crippen LogP contribution in [0, 0.1) is 11.6 Å². The highest BCUT2D eigenvalue weighted by atomic mass is 32.2. The minimum Gasteiger partial charge on any atom is -0.490 e. The number of halogens is 2. The normalized spacial score (nSPS) is 14.7. The molecule has 2 amide bonds. The van der Waals surface area contributed by atoms with Gasteiger partial charge in [-0.1, -0.05) is 30.3 Å². The molecule has 5 nitrogen and oxygen atoms in total. The van der Waals surface area contributed by atoms with Gasteiger partial charge in [0.05, 0.1) is 18.1 Å². The largest absolute Gasteiger partial charge is 0.490 e. The summed E-state index contributed by atoms with van der Waals surface area (Å²) in [5.74, 6) is -0.108. The SMILES string of the molecule is CCOc1cc(C=C2SC(=O)N(Cc3ccc(F)cc3)C2=O)ccc1OCc1ccc(F)cc1. The second kappa shape index (κ2) is 10.5. The van der Waals surface area contributed by atoms with Crippen LogP contribution >= 0.6 is 11.8 Å². The van der Waals surface area contributed by atoms with Gasteiger partial charge in [-0.2, -0.15) is 0 Å². The second-order valence-corrected chi connectivity index (χ2v) is 8.44. The number of benzene rings is 3. The van der Waals surface area contributed by atoms with Crippen molar-refractivity contribution in [3.63, 3.8) is 0 Å². The van der Waals surface area contributed by atoms with E-state index in [0.29, 0.717) is 29.2 Å². The molecule has 0 radical (unpaired) electrons. The summed E-state index contributed by atoms with van der Waals surface area (Å²) >= 11 is 0.853. The lowest BCUT2D eigenvalue weighted by Crippen LogP contribution is -2.27. The van der Waals surface area contributed by atoms with E-state index < -0.39 is 5.91 Å². The third-order valence-corrected chi connectivity index (χ3v) is 5.91. The Labute approximate surface area is 200 Å². The maximum atomic E-state index is 13.1. The maximum absolute atomic E-state index is 13.1. The highest BCUT2D eigenvalue weighted by molar-refractivity contribution is 8.18. The number of rotatable bonds is 8. The number of imide groups is 1. The fraction of sp³-hybridized carbons (Fsp3) is 0.154. The van der Waals surface area contributed by atoms with Crippen LogP contribution in [0.5, 0.6) is 11.5 Å². The summed E-state index contributed by atoms with van der Waals surface area (Å²) in [5, 5.41) is -0.384. The standard InChI is InChI=1S/C26H21F2NO4S/c1-2-32-23-13-19(7-12-22(23)33-16-18-5-10-21(28)11-6-18)14-24-25(30)29(26(31)34-24)15-17-3-8-20(27)9-4-17/h3-14H,2,15-16H2,1H3. The molecule has 1 fully saturated rings. The molecule has 8 heteroatoms. The van der Waals surface area contributed by atoms with Gasteiger partial charge in [0.1, 0.15) is 18.2 Å². The monoisotopic (exact) mass is 481 g/mol. The van der Waals surface area contributed by atoms with Gasteiger partial charge in [-0.25, -0.2) is 8.78 Å². The first-order chi connectivity index (χ1) is 16.4. The molecular weight excluding hydrogens is 460 g/mol. The zero-order chi connectivity index (χ0) is 24.1. The number of nitrogens with zero attached hydrogens (tertiary/aromatic N) is 1. The van der Waals surface area contributed by atoms with Crippen molar-refractivity contribution in [1.29, 1.82) is 0 Å². The highest BCUT2D eigenvalue weighted by Crippen LogP contribution is 2.35. The van der Waals surface area contributed by atoms with E-state index in [1.54, 1.807) is 48.5 Å². The molecule has 0 unspecified atom stereocenters. The third kappa shape index (κ3) is 5.63. The number of carbonyl (C=O) groups is 2. The van der Waals surface area contributed by atoms with Crippen LogP contribution in [0.2, 0.25) is 0 Å². The molecule has 174 valence electrons. The Morgan fingerprint density at radius 1 is 0.853 bits per heavy atom. The fourth-order valence-corrected chi connectivity index (χ4v) is 4.14. The summed E-state index contributed by atoms with van der Waals surface area (Å²) in [5.41, 5.74) is 2.14. The van der Waals surface area contributed by atoms with Gasteiger partial charge in [0, 0.05) is 0 Å². The van der Waals surface area contributed by atoms with Crippen molar-refractivity contribution in [3.8, 4) is 11.5 Å². The van der Waals surface area contributed by atoms with Crippen LogP contribution < -0.4 is 9.47 Å². The molecule has 1 saturated heterocycles. The summed E-state index contributed by atoms with van der Waals surface area (Å²) in [6, 6.07) is 16.9. The van der Waals surface area contributed by atoms with Crippen molar-refractivity contribution in [1.82, 2.24) is 4.90 Å². The van der Waals surface area contributed by atoms with E-state index in [4.69, 9.17) is 9.47 Å². The molecule has 3 aromatic carbocycles. The van der Waals surface area contributed by atoms with Crippen molar-refractivity contribution in [2.24, 2.45) is 0 Å². The first kappa shape index (κ1) is 23.5.